The maximum absolute atomic E-state index is 11.5. The van der Waals surface area contributed by atoms with Crippen molar-refractivity contribution < 1.29 is 14.7 Å². The van der Waals surface area contributed by atoms with Gasteiger partial charge in [-0.3, -0.25) is 4.98 Å². The van der Waals surface area contributed by atoms with Crippen LogP contribution in [0.2, 0.25) is 0 Å². The number of rotatable bonds is 3. The van der Waals surface area contributed by atoms with Crippen molar-refractivity contribution in [2.24, 2.45) is 0 Å². The van der Waals surface area contributed by atoms with E-state index in [2.05, 4.69) is 15.6 Å². The average molecular weight is 235 g/mol. The summed E-state index contributed by atoms with van der Waals surface area (Å²) in [6.45, 7) is 0. The van der Waals surface area contributed by atoms with Crippen LogP contribution in [0.4, 0.5) is 10.5 Å². The van der Waals surface area contributed by atoms with Crippen molar-refractivity contribution in [3.05, 3.63) is 24.0 Å². The van der Waals surface area contributed by atoms with Crippen LogP contribution < -0.4 is 10.6 Å². The minimum atomic E-state index is -1.07. The molecule has 1 heterocycles. The van der Waals surface area contributed by atoms with E-state index in [1.54, 1.807) is 0 Å². The summed E-state index contributed by atoms with van der Waals surface area (Å²) in [5.74, 6) is -1.07. The Bertz CT molecular complexity index is 443. The number of carbonyl (C=O) groups is 2. The highest BCUT2D eigenvalue weighted by atomic mass is 16.4. The maximum atomic E-state index is 11.5. The van der Waals surface area contributed by atoms with Crippen LogP contribution in [0.3, 0.4) is 0 Å². The van der Waals surface area contributed by atoms with Gasteiger partial charge >= 0.3 is 12.0 Å². The lowest BCUT2D eigenvalue weighted by Gasteiger charge is -2.26. The molecule has 1 aliphatic rings. The van der Waals surface area contributed by atoms with Gasteiger partial charge in [-0.1, -0.05) is 0 Å². The van der Waals surface area contributed by atoms with Crippen LogP contribution >= 0.6 is 0 Å². The first-order valence-electron chi connectivity index (χ1n) is 5.41. The van der Waals surface area contributed by atoms with Crippen molar-refractivity contribution in [2.45, 2.75) is 25.3 Å². The largest absolute Gasteiger partial charge is 0.478 e. The molecule has 0 aromatic carbocycles. The number of hydrogen-bond donors (Lipinski definition) is 3. The van der Waals surface area contributed by atoms with E-state index in [9.17, 15) is 9.59 Å². The Morgan fingerprint density at radius 1 is 1.35 bits per heavy atom. The van der Waals surface area contributed by atoms with Crippen LogP contribution in [0.15, 0.2) is 18.5 Å². The smallest absolute Gasteiger partial charge is 0.337 e. The fraction of sp³-hybridized carbons (Fsp3) is 0.364. The molecule has 0 radical (unpaired) electrons. The number of anilines is 1. The number of aromatic nitrogens is 1. The first-order valence-corrected chi connectivity index (χ1v) is 5.41. The van der Waals surface area contributed by atoms with Gasteiger partial charge in [-0.15, -0.1) is 0 Å². The van der Waals surface area contributed by atoms with E-state index in [-0.39, 0.29) is 17.6 Å². The quantitative estimate of drug-likeness (QED) is 0.739. The fourth-order valence-electron chi connectivity index (χ4n) is 1.53. The van der Waals surface area contributed by atoms with Crippen molar-refractivity contribution in [3.8, 4) is 0 Å². The van der Waals surface area contributed by atoms with Crippen LogP contribution in [0.5, 0.6) is 0 Å². The predicted octanol–water partition coefficient (Wildman–Crippen LogP) is 1.45. The number of nitrogens with zero attached hydrogens (tertiary/aromatic N) is 1. The number of urea groups is 1. The Morgan fingerprint density at radius 2 is 2.12 bits per heavy atom. The topological polar surface area (TPSA) is 91.3 Å². The molecule has 17 heavy (non-hydrogen) atoms. The molecule has 2 rings (SSSR count). The van der Waals surface area contributed by atoms with E-state index in [4.69, 9.17) is 5.11 Å². The first-order chi connectivity index (χ1) is 8.15. The van der Waals surface area contributed by atoms with Gasteiger partial charge in [0.1, 0.15) is 0 Å². The molecule has 90 valence electrons. The molecule has 0 saturated heterocycles. The second kappa shape index (κ2) is 4.82. The molecule has 0 unspecified atom stereocenters. The summed E-state index contributed by atoms with van der Waals surface area (Å²) in [6, 6.07) is 1.29. The summed E-state index contributed by atoms with van der Waals surface area (Å²) in [6.07, 6.45) is 5.78. The molecule has 1 aromatic heterocycles. The van der Waals surface area contributed by atoms with Gasteiger partial charge in [0, 0.05) is 12.2 Å². The normalized spacial score (nSPS) is 14.8. The molecule has 0 aliphatic heterocycles. The Labute approximate surface area is 98.1 Å². The molecular weight excluding hydrogens is 222 g/mol. The van der Waals surface area contributed by atoms with Crippen molar-refractivity contribution >= 4 is 17.7 Å². The van der Waals surface area contributed by atoms with E-state index in [1.165, 1.54) is 18.5 Å². The maximum Gasteiger partial charge on any atom is 0.337 e. The highest BCUT2D eigenvalue weighted by molar-refractivity contribution is 5.92. The van der Waals surface area contributed by atoms with Crippen molar-refractivity contribution in [1.29, 1.82) is 0 Å². The standard InChI is InChI=1S/C11H13N3O3/c15-10(16)7-4-9(6-12-5-7)14-11(17)13-8-2-1-3-8/h4-6,8H,1-3H2,(H,15,16)(H2,13,14,17). The lowest BCUT2D eigenvalue weighted by molar-refractivity contribution is 0.0696. The van der Waals surface area contributed by atoms with Crippen molar-refractivity contribution in [1.82, 2.24) is 10.3 Å². The monoisotopic (exact) mass is 235 g/mol. The number of carboxylic acid groups (broad SMARTS) is 1. The van der Waals surface area contributed by atoms with Gasteiger partial charge in [-0.05, 0) is 25.3 Å². The molecule has 1 saturated carbocycles. The van der Waals surface area contributed by atoms with Crippen molar-refractivity contribution in [2.75, 3.05) is 5.32 Å². The fourth-order valence-corrected chi connectivity index (χ4v) is 1.53. The number of nitrogens with one attached hydrogen (secondary N) is 2. The Morgan fingerprint density at radius 3 is 2.71 bits per heavy atom. The molecule has 1 aromatic rings. The third-order valence-corrected chi connectivity index (χ3v) is 2.68. The SMILES string of the molecule is O=C(Nc1cncc(C(=O)O)c1)NC1CCC1. The number of amides is 2. The molecule has 0 bridgehead atoms. The number of aromatic carboxylic acids is 1. The lowest BCUT2D eigenvalue weighted by atomic mass is 9.93. The Hall–Kier alpha value is -2.11. The third-order valence-electron chi connectivity index (χ3n) is 2.68. The second-order valence-corrected chi connectivity index (χ2v) is 3.99. The summed E-state index contributed by atoms with van der Waals surface area (Å²) in [4.78, 5) is 26.0. The highest BCUT2D eigenvalue weighted by Gasteiger charge is 2.19. The molecule has 2 amide bonds. The van der Waals surface area contributed by atoms with Gasteiger partial charge in [0.05, 0.1) is 17.4 Å². The van der Waals surface area contributed by atoms with Crippen LogP contribution in [0, 0.1) is 0 Å². The number of carbonyl (C=O) groups excluding carboxylic acids is 1. The molecule has 6 nitrogen and oxygen atoms in total. The third kappa shape index (κ3) is 2.93. The van der Waals surface area contributed by atoms with Gasteiger partial charge in [-0.25, -0.2) is 9.59 Å². The van der Waals surface area contributed by atoms with Gasteiger partial charge in [0.25, 0.3) is 0 Å². The van der Waals surface area contributed by atoms with Crippen LogP contribution in [0.1, 0.15) is 29.6 Å². The second-order valence-electron chi connectivity index (χ2n) is 3.99. The van der Waals surface area contributed by atoms with Crippen molar-refractivity contribution in [3.63, 3.8) is 0 Å². The molecule has 1 fully saturated rings. The summed E-state index contributed by atoms with van der Waals surface area (Å²) in [5.41, 5.74) is 0.424. The van der Waals surface area contributed by atoms with E-state index < -0.39 is 5.97 Å². The van der Waals surface area contributed by atoms with E-state index in [0.29, 0.717) is 5.69 Å². The predicted molar refractivity (Wildman–Crippen MR) is 61.0 cm³/mol. The number of carboxylic acids is 1. The molecule has 3 N–H and O–H groups in total. The molecular formula is C11H13N3O3. The molecule has 0 spiro atoms. The Kier molecular flexibility index (Phi) is 3.22. The molecule has 6 heteroatoms. The zero-order valence-electron chi connectivity index (χ0n) is 9.14. The van der Waals surface area contributed by atoms with E-state index in [0.717, 1.165) is 19.3 Å². The van der Waals surface area contributed by atoms with Gasteiger partial charge in [0.2, 0.25) is 0 Å². The molecule has 0 atom stereocenters. The summed E-state index contributed by atoms with van der Waals surface area (Å²) >= 11 is 0. The number of hydrogen-bond acceptors (Lipinski definition) is 3. The Balaban J connectivity index is 1.95. The minimum Gasteiger partial charge on any atom is -0.478 e. The lowest BCUT2D eigenvalue weighted by Crippen LogP contribution is -2.41. The molecule has 1 aliphatic carbocycles. The zero-order chi connectivity index (χ0) is 12.3. The zero-order valence-corrected chi connectivity index (χ0v) is 9.14. The van der Waals surface area contributed by atoms with Crippen LogP contribution in [-0.4, -0.2) is 28.1 Å². The highest BCUT2D eigenvalue weighted by Crippen LogP contribution is 2.18. The number of pyridine rings is 1. The van der Waals surface area contributed by atoms with E-state index in [1.807, 2.05) is 0 Å². The summed E-state index contributed by atoms with van der Waals surface area (Å²) in [5, 5.41) is 14.1. The van der Waals surface area contributed by atoms with Crippen LogP contribution in [-0.2, 0) is 0 Å². The summed E-state index contributed by atoms with van der Waals surface area (Å²) in [7, 11) is 0. The minimum absolute atomic E-state index is 0.0476. The van der Waals surface area contributed by atoms with Crippen LogP contribution in [0.25, 0.3) is 0 Å². The van der Waals surface area contributed by atoms with Gasteiger partial charge < -0.3 is 15.7 Å². The van der Waals surface area contributed by atoms with E-state index >= 15 is 0 Å². The van der Waals surface area contributed by atoms with Gasteiger partial charge in [-0.2, -0.15) is 0 Å². The average Bonchev–Trinajstić information content (AvgIpc) is 2.24. The summed E-state index contributed by atoms with van der Waals surface area (Å²) < 4.78 is 0. The first kappa shape index (κ1) is 11.4. The van der Waals surface area contributed by atoms with Gasteiger partial charge in [0.15, 0.2) is 0 Å².